The molecule has 5 nitrogen and oxygen atoms in total. The van der Waals surface area contributed by atoms with Gasteiger partial charge in [-0.25, -0.2) is 13.8 Å². The molecular weight excluding hydrogens is 386 g/mol. The molecule has 0 bridgehead atoms. The van der Waals surface area contributed by atoms with Gasteiger partial charge < -0.3 is 14.8 Å². The Bertz CT molecular complexity index is 962. The molecule has 0 unspecified atom stereocenters. The van der Waals surface area contributed by atoms with Gasteiger partial charge >= 0.3 is 0 Å². The Morgan fingerprint density at radius 2 is 2.00 bits per heavy atom. The highest BCUT2D eigenvalue weighted by Gasteiger charge is 2.14. The van der Waals surface area contributed by atoms with Gasteiger partial charge in [0.15, 0.2) is 11.6 Å². The quantitative estimate of drug-likeness (QED) is 0.576. The van der Waals surface area contributed by atoms with Crippen LogP contribution in [0, 0.1) is 11.6 Å². The summed E-state index contributed by atoms with van der Waals surface area (Å²) in [4.78, 5) is 16.5. The van der Waals surface area contributed by atoms with Gasteiger partial charge in [0.25, 0.3) is 5.91 Å². The lowest BCUT2D eigenvalue weighted by Gasteiger charge is -2.10. The number of carbonyl (C=O) groups is 1. The SMILES string of the molecule is COCCNC(=O)c1csc(-c2ccccc2OCc2ccc(F)c(F)c2)n1. The van der Waals surface area contributed by atoms with E-state index in [1.807, 2.05) is 12.1 Å². The van der Waals surface area contributed by atoms with Crippen molar-refractivity contribution in [1.82, 2.24) is 10.3 Å². The van der Waals surface area contributed by atoms with Crippen molar-refractivity contribution in [2.24, 2.45) is 0 Å². The number of halogens is 2. The number of aromatic nitrogens is 1. The van der Waals surface area contributed by atoms with Crippen LogP contribution in [0.25, 0.3) is 10.6 Å². The number of rotatable bonds is 8. The fourth-order valence-electron chi connectivity index (χ4n) is 2.42. The Balaban J connectivity index is 1.73. The number of nitrogens with zero attached hydrogens (tertiary/aromatic N) is 1. The summed E-state index contributed by atoms with van der Waals surface area (Å²) < 4.78 is 37.1. The third-order valence-electron chi connectivity index (χ3n) is 3.82. The van der Waals surface area contributed by atoms with E-state index in [2.05, 4.69) is 10.3 Å². The second kappa shape index (κ2) is 9.38. The average Bonchev–Trinajstić information content (AvgIpc) is 3.19. The zero-order valence-corrected chi connectivity index (χ0v) is 15.9. The van der Waals surface area contributed by atoms with Crippen molar-refractivity contribution in [1.29, 1.82) is 0 Å². The van der Waals surface area contributed by atoms with Crippen molar-refractivity contribution in [3.63, 3.8) is 0 Å². The van der Waals surface area contributed by atoms with E-state index in [0.717, 1.165) is 12.1 Å². The number of nitrogens with one attached hydrogen (secondary N) is 1. The van der Waals surface area contributed by atoms with Gasteiger partial charge in [0.1, 0.15) is 23.1 Å². The van der Waals surface area contributed by atoms with Gasteiger partial charge in [-0.1, -0.05) is 18.2 Å². The monoisotopic (exact) mass is 404 g/mol. The van der Waals surface area contributed by atoms with E-state index < -0.39 is 11.6 Å². The first-order valence-corrected chi connectivity index (χ1v) is 9.35. The first kappa shape index (κ1) is 19.9. The lowest BCUT2D eigenvalue weighted by Crippen LogP contribution is -2.27. The molecule has 0 fully saturated rings. The minimum atomic E-state index is -0.918. The molecule has 2 aromatic carbocycles. The van der Waals surface area contributed by atoms with Crippen LogP contribution in [0.1, 0.15) is 16.1 Å². The van der Waals surface area contributed by atoms with Gasteiger partial charge in [-0.15, -0.1) is 11.3 Å². The van der Waals surface area contributed by atoms with E-state index in [1.54, 1.807) is 24.6 Å². The molecule has 3 aromatic rings. The predicted molar refractivity (Wildman–Crippen MR) is 102 cm³/mol. The summed E-state index contributed by atoms with van der Waals surface area (Å²) in [5, 5.41) is 5.01. The Hall–Kier alpha value is -2.84. The van der Waals surface area contributed by atoms with Crippen LogP contribution in [0.4, 0.5) is 8.78 Å². The number of hydrogen-bond donors (Lipinski definition) is 1. The van der Waals surface area contributed by atoms with Crippen LogP contribution in [0.15, 0.2) is 47.8 Å². The first-order valence-electron chi connectivity index (χ1n) is 8.47. The maximum Gasteiger partial charge on any atom is 0.270 e. The number of carbonyl (C=O) groups excluding carboxylic acids is 1. The second-order valence-corrected chi connectivity index (χ2v) is 6.68. The summed E-state index contributed by atoms with van der Waals surface area (Å²) in [6.45, 7) is 0.892. The van der Waals surface area contributed by atoms with Crippen molar-refractivity contribution in [2.75, 3.05) is 20.3 Å². The molecule has 28 heavy (non-hydrogen) atoms. The summed E-state index contributed by atoms with van der Waals surface area (Å²) in [5.74, 6) is -1.56. The molecule has 0 atom stereocenters. The molecule has 1 heterocycles. The highest BCUT2D eigenvalue weighted by atomic mass is 32.1. The number of thiazole rings is 1. The minimum Gasteiger partial charge on any atom is -0.488 e. The van der Waals surface area contributed by atoms with Crippen LogP contribution in [-0.4, -0.2) is 31.2 Å². The fraction of sp³-hybridized carbons (Fsp3) is 0.200. The van der Waals surface area contributed by atoms with Crippen LogP contribution in [0.2, 0.25) is 0 Å². The zero-order valence-electron chi connectivity index (χ0n) is 15.1. The van der Waals surface area contributed by atoms with E-state index in [4.69, 9.17) is 9.47 Å². The first-order chi connectivity index (χ1) is 13.6. The van der Waals surface area contributed by atoms with E-state index in [9.17, 15) is 13.6 Å². The maximum absolute atomic E-state index is 13.4. The highest BCUT2D eigenvalue weighted by molar-refractivity contribution is 7.13. The molecule has 1 N–H and O–H groups in total. The van der Waals surface area contributed by atoms with Gasteiger partial charge in [-0.05, 0) is 29.8 Å². The van der Waals surface area contributed by atoms with Gasteiger partial charge in [0.05, 0.1) is 12.2 Å². The largest absolute Gasteiger partial charge is 0.488 e. The molecule has 146 valence electrons. The molecule has 1 amide bonds. The smallest absolute Gasteiger partial charge is 0.270 e. The predicted octanol–water partition coefficient (Wildman–Crippen LogP) is 4.04. The fourth-order valence-corrected chi connectivity index (χ4v) is 3.25. The van der Waals surface area contributed by atoms with Crippen molar-refractivity contribution in [3.8, 4) is 16.3 Å². The number of benzene rings is 2. The van der Waals surface area contributed by atoms with Crippen LogP contribution in [-0.2, 0) is 11.3 Å². The molecule has 0 aliphatic carbocycles. The average molecular weight is 404 g/mol. The van der Waals surface area contributed by atoms with Crippen molar-refractivity contribution in [3.05, 3.63) is 70.7 Å². The second-order valence-electron chi connectivity index (χ2n) is 5.82. The molecule has 0 radical (unpaired) electrons. The van der Waals surface area contributed by atoms with E-state index in [0.29, 0.717) is 40.7 Å². The molecule has 1 aromatic heterocycles. The summed E-state index contributed by atoms with van der Waals surface area (Å²) in [6.07, 6.45) is 0. The number of amides is 1. The number of para-hydroxylation sites is 1. The van der Waals surface area contributed by atoms with Crippen molar-refractivity contribution in [2.45, 2.75) is 6.61 Å². The third-order valence-corrected chi connectivity index (χ3v) is 4.70. The molecule has 0 saturated carbocycles. The molecule has 3 rings (SSSR count). The van der Waals surface area contributed by atoms with Gasteiger partial charge in [-0.2, -0.15) is 0 Å². The van der Waals surface area contributed by atoms with Crippen molar-refractivity contribution < 1.29 is 23.0 Å². The molecule has 0 spiro atoms. The zero-order chi connectivity index (χ0) is 19.9. The molecule has 0 aliphatic heterocycles. The van der Waals surface area contributed by atoms with Crippen LogP contribution in [0.3, 0.4) is 0 Å². The maximum atomic E-state index is 13.4. The summed E-state index contributed by atoms with van der Waals surface area (Å²) >= 11 is 1.32. The summed E-state index contributed by atoms with van der Waals surface area (Å²) in [7, 11) is 1.56. The van der Waals surface area contributed by atoms with Crippen LogP contribution >= 0.6 is 11.3 Å². The van der Waals surface area contributed by atoms with Gasteiger partial charge in [0.2, 0.25) is 0 Å². The molecule has 0 saturated heterocycles. The summed E-state index contributed by atoms with van der Waals surface area (Å²) in [5.41, 5.74) is 1.53. The Morgan fingerprint density at radius 3 is 2.79 bits per heavy atom. The van der Waals surface area contributed by atoms with E-state index >= 15 is 0 Å². The molecule has 8 heteroatoms. The number of methoxy groups -OCH3 is 1. The lowest BCUT2D eigenvalue weighted by atomic mass is 10.2. The standard InChI is InChI=1S/C20H18F2N2O3S/c1-26-9-8-23-19(25)17-12-28-20(24-17)14-4-2-3-5-18(14)27-11-13-6-7-15(21)16(22)10-13/h2-7,10,12H,8-9,11H2,1H3,(H,23,25). The molecular formula is C20H18F2N2O3S. The Labute approximate surface area is 164 Å². The van der Waals surface area contributed by atoms with Gasteiger partial charge in [-0.3, -0.25) is 4.79 Å². The van der Waals surface area contributed by atoms with Crippen LogP contribution < -0.4 is 10.1 Å². The minimum absolute atomic E-state index is 0.0734. The lowest BCUT2D eigenvalue weighted by molar-refractivity contribution is 0.0933. The third kappa shape index (κ3) is 4.90. The Kier molecular flexibility index (Phi) is 6.67. The molecule has 0 aliphatic rings. The normalized spacial score (nSPS) is 10.7. The number of ether oxygens (including phenoxy) is 2. The van der Waals surface area contributed by atoms with Crippen LogP contribution in [0.5, 0.6) is 5.75 Å². The van der Waals surface area contributed by atoms with Crippen molar-refractivity contribution >= 4 is 17.2 Å². The highest BCUT2D eigenvalue weighted by Crippen LogP contribution is 2.32. The topological polar surface area (TPSA) is 60.5 Å². The Morgan fingerprint density at radius 1 is 1.18 bits per heavy atom. The van der Waals surface area contributed by atoms with E-state index in [1.165, 1.54) is 17.4 Å². The van der Waals surface area contributed by atoms with E-state index in [-0.39, 0.29) is 12.5 Å². The summed E-state index contributed by atoms with van der Waals surface area (Å²) in [6, 6.07) is 10.8. The number of hydrogen-bond acceptors (Lipinski definition) is 5. The van der Waals surface area contributed by atoms with Gasteiger partial charge in [0, 0.05) is 19.0 Å².